The lowest BCUT2D eigenvalue weighted by atomic mass is 10.0. The normalized spacial score (nSPS) is 14.9. The number of fused-ring (bicyclic) bond motifs is 1. The molecule has 0 saturated carbocycles. The number of aromatic nitrogens is 1. The van der Waals surface area contributed by atoms with E-state index in [0.29, 0.717) is 11.2 Å². The van der Waals surface area contributed by atoms with E-state index in [9.17, 15) is 14.9 Å². The molecule has 25 heavy (non-hydrogen) atoms. The first-order valence-electron chi connectivity index (χ1n) is 8.28. The Kier molecular flexibility index (Phi) is 4.68. The molecule has 6 nitrogen and oxygen atoms in total. The van der Waals surface area contributed by atoms with Crippen LogP contribution in [0.15, 0.2) is 41.7 Å². The lowest BCUT2D eigenvalue weighted by molar-refractivity contribution is -0.114. The van der Waals surface area contributed by atoms with Crippen LogP contribution in [0, 0.1) is 11.3 Å². The van der Waals surface area contributed by atoms with Gasteiger partial charge in [-0.05, 0) is 38.1 Å². The summed E-state index contributed by atoms with van der Waals surface area (Å²) in [5.74, 6) is -0.290. The van der Waals surface area contributed by atoms with Crippen LogP contribution in [0.25, 0.3) is 10.9 Å². The van der Waals surface area contributed by atoms with Crippen molar-refractivity contribution in [3.05, 3.63) is 52.8 Å². The van der Waals surface area contributed by atoms with Crippen LogP contribution in [0.4, 0.5) is 5.69 Å². The monoisotopic (exact) mass is 336 g/mol. The van der Waals surface area contributed by atoms with Gasteiger partial charge >= 0.3 is 0 Å². The summed E-state index contributed by atoms with van der Waals surface area (Å²) in [6.07, 6.45) is 2.76. The van der Waals surface area contributed by atoms with E-state index in [-0.39, 0.29) is 17.5 Å². The van der Waals surface area contributed by atoms with Gasteiger partial charge in [0, 0.05) is 18.5 Å². The Hall–Kier alpha value is -2.91. The first kappa shape index (κ1) is 16.9. The number of hydrogen-bond acceptors (Lipinski definition) is 4. The minimum absolute atomic E-state index is 0.00469. The number of rotatable bonds is 3. The number of anilines is 1. The number of benzene rings is 1. The molecule has 0 atom stereocenters. The van der Waals surface area contributed by atoms with Gasteiger partial charge in [-0.1, -0.05) is 24.8 Å². The molecule has 128 valence electrons. The molecule has 0 bridgehead atoms. The van der Waals surface area contributed by atoms with Crippen molar-refractivity contribution in [1.82, 2.24) is 9.88 Å². The number of carbonyl (C=O) groups excluding carboxylic acids is 1. The molecule has 6 heteroatoms. The molecule has 2 heterocycles. The molecule has 1 aromatic heterocycles. The third-order valence-electron chi connectivity index (χ3n) is 4.71. The molecule has 0 radical (unpaired) electrons. The summed E-state index contributed by atoms with van der Waals surface area (Å²) in [5, 5.41) is 13.6. The maximum absolute atomic E-state index is 12.7. The molecule has 2 aromatic rings. The zero-order valence-corrected chi connectivity index (χ0v) is 14.2. The molecule has 1 aromatic carbocycles. The number of carbonyl (C=O) groups is 1. The van der Waals surface area contributed by atoms with Gasteiger partial charge in [-0.2, -0.15) is 5.26 Å². The Bertz CT molecular complexity index is 933. The second-order valence-electron chi connectivity index (χ2n) is 6.11. The summed E-state index contributed by atoms with van der Waals surface area (Å²) < 4.78 is 1.45. The molecule has 1 aliphatic heterocycles. The molecule has 0 spiro atoms. The second kappa shape index (κ2) is 6.91. The molecule has 0 unspecified atom stereocenters. The van der Waals surface area contributed by atoms with Gasteiger partial charge in [0.1, 0.15) is 11.6 Å². The molecule has 0 aliphatic carbocycles. The standard InChI is InChI=1S/C19H20N4O2/c1-3-17(24)23(13-8-10-21-11-9-13)18-14-6-4-5-7-16(14)22(2)19(25)15(18)12-20/h3-7,13,21H,1,8-11H2,2H3. The fourth-order valence-corrected chi connectivity index (χ4v) is 3.47. The van der Waals surface area contributed by atoms with Crippen LogP contribution in [0.5, 0.6) is 0 Å². The van der Waals surface area contributed by atoms with E-state index >= 15 is 0 Å². The van der Waals surface area contributed by atoms with Gasteiger partial charge in [-0.3, -0.25) is 9.59 Å². The van der Waals surface area contributed by atoms with Crippen LogP contribution >= 0.6 is 0 Å². The Balaban J connectivity index is 2.35. The van der Waals surface area contributed by atoms with Gasteiger partial charge in [0.2, 0.25) is 0 Å². The van der Waals surface area contributed by atoms with Crippen LogP contribution in [-0.2, 0) is 11.8 Å². The summed E-state index contributed by atoms with van der Waals surface area (Å²) in [7, 11) is 1.64. The van der Waals surface area contributed by atoms with Crippen molar-refractivity contribution >= 4 is 22.5 Å². The molecule has 1 saturated heterocycles. The highest BCUT2D eigenvalue weighted by Crippen LogP contribution is 2.32. The van der Waals surface area contributed by atoms with Gasteiger partial charge in [0.05, 0.1) is 11.2 Å². The fraction of sp³-hybridized carbons (Fsp3) is 0.316. The average molecular weight is 336 g/mol. The van der Waals surface area contributed by atoms with Gasteiger partial charge in [-0.25, -0.2) is 0 Å². The van der Waals surface area contributed by atoms with E-state index in [2.05, 4.69) is 11.9 Å². The van der Waals surface area contributed by atoms with Crippen molar-refractivity contribution in [2.75, 3.05) is 18.0 Å². The van der Waals surface area contributed by atoms with E-state index in [4.69, 9.17) is 0 Å². The molecule has 1 aliphatic rings. The lowest BCUT2D eigenvalue weighted by Gasteiger charge is -2.35. The van der Waals surface area contributed by atoms with Crippen molar-refractivity contribution < 1.29 is 4.79 Å². The van der Waals surface area contributed by atoms with Crippen molar-refractivity contribution in [1.29, 1.82) is 5.26 Å². The molecule has 3 rings (SSSR count). The smallest absolute Gasteiger partial charge is 0.270 e. The van der Waals surface area contributed by atoms with Gasteiger partial charge in [0.25, 0.3) is 11.5 Å². The third kappa shape index (κ3) is 2.83. The number of nitrogens with zero attached hydrogens (tertiary/aromatic N) is 3. The van der Waals surface area contributed by atoms with E-state index in [1.807, 2.05) is 30.3 Å². The Morgan fingerprint density at radius 1 is 1.40 bits per heavy atom. The van der Waals surface area contributed by atoms with E-state index in [0.717, 1.165) is 31.3 Å². The molecular weight excluding hydrogens is 316 g/mol. The first-order valence-corrected chi connectivity index (χ1v) is 8.28. The minimum atomic E-state index is -0.396. The van der Waals surface area contributed by atoms with Crippen molar-refractivity contribution in [3.63, 3.8) is 0 Å². The number of amides is 1. The van der Waals surface area contributed by atoms with E-state index < -0.39 is 5.56 Å². The highest BCUT2D eigenvalue weighted by molar-refractivity contribution is 6.09. The highest BCUT2D eigenvalue weighted by atomic mass is 16.2. The van der Waals surface area contributed by atoms with Crippen LogP contribution < -0.4 is 15.8 Å². The SMILES string of the molecule is C=CC(=O)N(c1c(C#N)c(=O)n(C)c2ccccc12)C1CCNCC1. The zero-order chi connectivity index (χ0) is 18.0. The first-order chi connectivity index (χ1) is 12.1. The van der Waals surface area contributed by atoms with Crippen LogP contribution in [0.2, 0.25) is 0 Å². The number of piperidine rings is 1. The summed E-state index contributed by atoms with van der Waals surface area (Å²) in [6.45, 7) is 5.18. The molecule has 1 amide bonds. The quantitative estimate of drug-likeness (QED) is 0.865. The molecule has 1 N–H and O–H groups in total. The van der Waals surface area contributed by atoms with Crippen LogP contribution in [0.3, 0.4) is 0 Å². The molecule has 1 fully saturated rings. The van der Waals surface area contributed by atoms with Crippen LogP contribution in [0.1, 0.15) is 18.4 Å². The molecular formula is C19H20N4O2. The Morgan fingerprint density at radius 2 is 2.08 bits per heavy atom. The third-order valence-corrected chi connectivity index (χ3v) is 4.71. The van der Waals surface area contributed by atoms with Gasteiger partial charge in [0.15, 0.2) is 0 Å². The zero-order valence-electron chi connectivity index (χ0n) is 14.2. The van der Waals surface area contributed by atoms with Crippen molar-refractivity contribution in [3.8, 4) is 6.07 Å². The highest BCUT2D eigenvalue weighted by Gasteiger charge is 2.30. The fourth-order valence-electron chi connectivity index (χ4n) is 3.47. The number of pyridine rings is 1. The number of aryl methyl sites for hydroxylation is 1. The lowest BCUT2D eigenvalue weighted by Crippen LogP contribution is -2.47. The Labute approximate surface area is 146 Å². The number of nitrogens with one attached hydrogen (secondary N) is 1. The summed E-state index contributed by atoms with van der Waals surface area (Å²) in [4.78, 5) is 27.0. The van der Waals surface area contributed by atoms with Crippen molar-refractivity contribution in [2.24, 2.45) is 7.05 Å². The summed E-state index contributed by atoms with van der Waals surface area (Å²) in [6, 6.07) is 9.28. The predicted molar refractivity (Wildman–Crippen MR) is 97.5 cm³/mol. The number of nitriles is 1. The summed E-state index contributed by atoms with van der Waals surface area (Å²) in [5.41, 5.74) is 0.692. The van der Waals surface area contributed by atoms with E-state index in [1.165, 1.54) is 10.6 Å². The van der Waals surface area contributed by atoms with Crippen molar-refractivity contribution in [2.45, 2.75) is 18.9 Å². The second-order valence-corrected chi connectivity index (χ2v) is 6.11. The maximum atomic E-state index is 12.7. The Morgan fingerprint density at radius 3 is 2.72 bits per heavy atom. The number of hydrogen-bond donors (Lipinski definition) is 1. The summed E-state index contributed by atoms with van der Waals surface area (Å²) >= 11 is 0. The minimum Gasteiger partial charge on any atom is -0.317 e. The van der Waals surface area contributed by atoms with Crippen LogP contribution in [-0.4, -0.2) is 29.6 Å². The maximum Gasteiger partial charge on any atom is 0.270 e. The largest absolute Gasteiger partial charge is 0.317 e. The predicted octanol–water partition coefficient (Wildman–Crippen LogP) is 1.68. The number of para-hydroxylation sites is 1. The van der Waals surface area contributed by atoms with Gasteiger partial charge in [-0.15, -0.1) is 0 Å². The average Bonchev–Trinajstić information content (AvgIpc) is 2.66. The van der Waals surface area contributed by atoms with E-state index in [1.54, 1.807) is 11.9 Å². The topological polar surface area (TPSA) is 78.1 Å². The van der Waals surface area contributed by atoms with Gasteiger partial charge < -0.3 is 14.8 Å².